The molecule has 1 saturated carbocycles. The van der Waals surface area contributed by atoms with Crippen molar-refractivity contribution in [2.45, 2.75) is 71.6 Å². The van der Waals surface area contributed by atoms with Gasteiger partial charge in [0.15, 0.2) is 0 Å². The Bertz CT molecular complexity index is 322. The number of hydrogen-bond donors (Lipinski definition) is 1. The lowest BCUT2D eigenvalue weighted by molar-refractivity contribution is -0.135. The quantitative estimate of drug-likeness (QED) is 0.842. The van der Waals surface area contributed by atoms with Crippen LogP contribution in [0.25, 0.3) is 0 Å². The molecule has 3 nitrogen and oxygen atoms in total. The van der Waals surface area contributed by atoms with Crippen molar-refractivity contribution in [3.63, 3.8) is 0 Å². The van der Waals surface area contributed by atoms with E-state index in [0.717, 1.165) is 44.7 Å². The minimum absolute atomic E-state index is 0.0752. The molecule has 0 aromatic carbocycles. The van der Waals surface area contributed by atoms with Crippen LogP contribution in [0.3, 0.4) is 0 Å². The van der Waals surface area contributed by atoms with Gasteiger partial charge in [-0.15, -0.1) is 0 Å². The molecule has 2 aliphatic rings. The topological polar surface area (TPSA) is 40.5 Å². The maximum absolute atomic E-state index is 12.5. The minimum Gasteiger partial charge on any atom is -0.396 e. The third kappa shape index (κ3) is 4.21. The molecular weight excluding hydrogens is 262 g/mol. The van der Waals surface area contributed by atoms with E-state index in [1.54, 1.807) is 0 Å². The Kier molecular flexibility index (Phi) is 6.09. The number of rotatable bonds is 5. The molecule has 122 valence electrons. The molecule has 0 bridgehead atoms. The van der Waals surface area contributed by atoms with Crippen molar-refractivity contribution in [2.75, 3.05) is 19.7 Å². The zero-order valence-electron chi connectivity index (χ0n) is 13.9. The second-order valence-corrected chi connectivity index (χ2v) is 7.47. The van der Waals surface area contributed by atoms with Crippen molar-refractivity contribution in [3.05, 3.63) is 0 Å². The van der Waals surface area contributed by atoms with Crippen molar-refractivity contribution in [3.8, 4) is 0 Å². The summed E-state index contributed by atoms with van der Waals surface area (Å²) < 4.78 is 0. The summed E-state index contributed by atoms with van der Waals surface area (Å²) >= 11 is 0. The van der Waals surface area contributed by atoms with Crippen molar-refractivity contribution in [2.24, 2.45) is 17.3 Å². The van der Waals surface area contributed by atoms with Gasteiger partial charge in [-0.05, 0) is 36.5 Å². The first-order chi connectivity index (χ1) is 10.1. The van der Waals surface area contributed by atoms with E-state index in [2.05, 4.69) is 13.8 Å². The van der Waals surface area contributed by atoms with Crippen LogP contribution in [0.15, 0.2) is 0 Å². The van der Waals surface area contributed by atoms with Gasteiger partial charge < -0.3 is 10.0 Å². The number of aliphatic hydroxyl groups excluding tert-OH is 1. The lowest BCUT2D eigenvalue weighted by Crippen LogP contribution is -2.45. The van der Waals surface area contributed by atoms with Gasteiger partial charge in [-0.3, -0.25) is 4.79 Å². The Morgan fingerprint density at radius 2 is 1.86 bits per heavy atom. The summed E-state index contributed by atoms with van der Waals surface area (Å²) in [6, 6.07) is 0. The summed E-state index contributed by atoms with van der Waals surface area (Å²) in [5, 5.41) is 9.58. The minimum atomic E-state index is 0.0752. The molecule has 1 atom stereocenters. The van der Waals surface area contributed by atoms with Crippen LogP contribution >= 0.6 is 0 Å². The number of hydrogen-bond acceptors (Lipinski definition) is 2. The zero-order valence-corrected chi connectivity index (χ0v) is 13.9. The molecule has 0 aromatic heterocycles. The Morgan fingerprint density at radius 1 is 1.24 bits per heavy atom. The predicted molar refractivity (Wildman–Crippen MR) is 86.0 cm³/mol. The third-order valence-electron chi connectivity index (χ3n) is 6.21. The van der Waals surface area contributed by atoms with Crippen LogP contribution in [0.1, 0.15) is 71.6 Å². The molecule has 0 spiro atoms. The Labute approximate surface area is 130 Å². The lowest BCUT2D eigenvalue weighted by Gasteiger charge is -2.40. The van der Waals surface area contributed by atoms with Crippen LogP contribution in [0.2, 0.25) is 0 Å². The van der Waals surface area contributed by atoms with Crippen LogP contribution in [0.4, 0.5) is 0 Å². The maximum atomic E-state index is 12.5. The molecular formula is C18H33NO2. The number of carbonyl (C=O) groups excluding carboxylic acids is 1. The molecule has 2 rings (SSSR count). The summed E-state index contributed by atoms with van der Waals surface area (Å²) in [5.74, 6) is 1.64. The number of piperidine rings is 1. The highest BCUT2D eigenvalue weighted by molar-refractivity contribution is 5.76. The van der Waals surface area contributed by atoms with Crippen LogP contribution < -0.4 is 0 Å². The van der Waals surface area contributed by atoms with Gasteiger partial charge in [0.05, 0.1) is 0 Å². The number of amides is 1. The molecule has 1 saturated heterocycles. The first kappa shape index (κ1) is 16.8. The van der Waals surface area contributed by atoms with Gasteiger partial charge in [0.2, 0.25) is 5.91 Å². The summed E-state index contributed by atoms with van der Waals surface area (Å²) in [5.41, 5.74) is 0.0752. The van der Waals surface area contributed by atoms with Crippen LogP contribution in [-0.4, -0.2) is 35.6 Å². The van der Waals surface area contributed by atoms with E-state index in [0.29, 0.717) is 11.8 Å². The van der Waals surface area contributed by atoms with Crippen LogP contribution in [0.5, 0.6) is 0 Å². The molecule has 1 aliphatic carbocycles. The van der Waals surface area contributed by atoms with Gasteiger partial charge in [-0.2, -0.15) is 0 Å². The van der Waals surface area contributed by atoms with E-state index >= 15 is 0 Å². The summed E-state index contributed by atoms with van der Waals surface area (Å²) in [4.78, 5) is 14.5. The molecule has 1 aliphatic heterocycles. The smallest absolute Gasteiger partial charge is 0.222 e. The molecule has 1 heterocycles. The zero-order chi connectivity index (χ0) is 15.3. The lowest BCUT2D eigenvalue weighted by atomic mass is 9.76. The van der Waals surface area contributed by atoms with Crippen molar-refractivity contribution in [1.82, 2.24) is 4.90 Å². The molecule has 3 heteroatoms. The van der Waals surface area contributed by atoms with Gasteiger partial charge in [-0.1, -0.05) is 46.0 Å². The average Bonchev–Trinajstić information content (AvgIpc) is 2.55. The molecule has 0 aromatic rings. The standard InChI is InChI=1S/C18H33NO2/c1-3-18(14-20)9-11-19(12-10-18)17(21)13-15(2)16-7-5-4-6-8-16/h15-16,20H,3-14H2,1-2H3. The number of likely N-dealkylation sites (tertiary alicyclic amines) is 1. The number of nitrogens with zero attached hydrogens (tertiary/aromatic N) is 1. The first-order valence-corrected chi connectivity index (χ1v) is 8.99. The monoisotopic (exact) mass is 295 g/mol. The molecule has 2 fully saturated rings. The van der Waals surface area contributed by atoms with E-state index in [9.17, 15) is 9.90 Å². The highest BCUT2D eigenvalue weighted by Crippen LogP contribution is 2.35. The van der Waals surface area contributed by atoms with Crippen molar-refractivity contribution >= 4 is 5.91 Å². The molecule has 1 N–H and O–H groups in total. The first-order valence-electron chi connectivity index (χ1n) is 8.99. The molecule has 1 amide bonds. The van der Waals surface area contributed by atoms with Gasteiger partial charge >= 0.3 is 0 Å². The normalized spacial score (nSPS) is 24.8. The van der Waals surface area contributed by atoms with Crippen LogP contribution in [0, 0.1) is 17.3 Å². The fourth-order valence-electron chi connectivity index (χ4n) is 4.13. The number of carbonyl (C=O) groups is 1. The van der Waals surface area contributed by atoms with Gasteiger partial charge in [0.25, 0.3) is 0 Å². The van der Waals surface area contributed by atoms with Crippen LogP contribution in [-0.2, 0) is 4.79 Å². The molecule has 21 heavy (non-hydrogen) atoms. The number of aliphatic hydroxyl groups is 1. The SMILES string of the molecule is CCC1(CO)CCN(C(=O)CC(C)C2CCCCC2)CC1. The second-order valence-electron chi connectivity index (χ2n) is 7.47. The largest absolute Gasteiger partial charge is 0.396 e. The predicted octanol–water partition coefficient (Wildman–Crippen LogP) is 3.60. The second kappa shape index (κ2) is 7.62. The Morgan fingerprint density at radius 3 is 2.38 bits per heavy atom. The van der Waals surface area contributed by atoms with E-state index in [1.165, 1.54) is 32.1 Å². The Balaban J connectivity index is 1.79. The van der Waals surface area contributed by atoms with Gasteiger partial charge in [0.1, 0.15) is 0 Å². The summed E-state index contributed by atoms with van der Waals surface area (Å²) in [6.07, 6.45) is 10.4. The van der Waals surface area contributed by atoms with E-state index in [-0.39, 0.29) is 12.0 Å². The highest BCUT2D eigenvalue weighted by Gasteiger charge is 2.34. The summed E-state index contributed by atoms with van der Waals surface area (Å²) in [7, 11) is 0. The van der Waals surface area contributed by atoms with E-state index < -0.39 is 0 Å². The van der Waals surface area contributed by atoms with E-state index in [4.69, 9.17) is 0 Å². The van der Waals surface area contributed by atoms with Gasteiger partial charge in [-0.25, -0.2) is 0 Å². The van der Waals surface area contributed by atoms with Crippen molar-refractivity contribution in [1.29, 1.82) is 0 Å². The molecule has 1 unspecified atom stereocenters. The highest BCUT2D eigenvalue weighted by atomic mass is 16.3. The average molecular weight is 295 g/mol. The maximum Gasteiger partial charge on any atom is 0.222 e. The fraction of sp³-hybridized carbons (Fsp3) is 0.944. The third-order valence-corrected chi connectivity index (χ3v) is 6.21. The Hall–Kier alpha value is -0.570. The van der Waals surface area contributed by atoms with E-state index in [1.807, 2.05) is 4.90 Å². The molecule has 0 radical (unpaired) electrons. The fourth-order valence-corrected chi connectivity index (χ4v) is 4.13. The van der Waals surface area contributed by atoms with Crippen molar-refractivity contribution < 1.29 is 9.90 Å². The van der Waals surface area contributed by atoms with Gasteiger partial charge in [0, 0.05) is 26.1 Å². The summed E-state index contributed by atoms with van der Waals surface area (Å²) in [6.45, 7) is 6.36.